The Hall–Kier alpha value is -3.28. The number of carbonyl (C=O) groups is 2. The molecule has 2 heterocycles. The summed E-state index contributed by atoms with van der Waals surface area (Å²) >= 11 is 0. The van der Waals surface area contributed by atoms with E-state index in [1.54, 1.807) is 18.5 Å². The molecule has 3 N–H and O–H groups in total. The lowest BCUT2D eigenvalue weighted by molar-refractivity contribution is -0.123. The van der Waals surface area contributed by atoms with Gasteiger partial charge in [-0.2, -0.15) is 5.26 Å². The second-order valence-corrected chi connectivity index (χ2v) is 11.3. The van der Waals surface area contributed by atoms with Crippen LogP contribution in [0.25, 0.3) is 0 Å². The number of rotatable bonds is 6. The topological polar surface area (TPSA) is 118 Å². The van der Waals surface area contributed by atoms with Crippen LogP contribution in [0.5, 0.6) is 0 Å². The number of nitrogens with one attached hydrogen (secondary N) is 2. The Labute approximate surface area is 226 Å². The minimum Gasteiger partial charge on any atom is -0.392 e. The third-order valence-electron chi connectivity index (χ3n) is 7.30. The van der Waals surface area contributed by atoms with Crippen LogP contribution < -0.4 is 15.5 Å². The summed E-state index contributed by atoms with van der Waals surface area (Å²) in [4.78, 5) is 29.6. The highest BCUT2D eigenvalue weighted by Gasteiger charge is 2.30. The Morgan fingerprint density at radius 3 is 2.42 bits per heavy atom. The number of benzene rings is 1. The summed E-state index contributed by atoms with van der Waals surface area (Å²) in [6.07, 6.45) is 9.88. The predicted octanol–water partition coefficient (Wildman–Crippen LogP) is 3.79. The highest BCUT2D eigenvalue weighted by molar-refractivity contribution is 5.87. The van der Waals surface area contributed by atoms with Gasteiger partial charge in [-0.25, -0.2) is 0 Å². The Balaban J connectivity index is 0.000000427. The van der Waals surface area contributed by atoms with Gasteiger partial charge in [0.1, 0.15) is 12.3 Å². The highest BCUT2D eigenvalue weighted by Crippen LogP contribution is 2.31. The minimum atomic E-state index is -0.615. The molecule has 3 atom stereocenters. The van der Waals surface area contributed by atoms with E-state index in [0.717, 1.165) is 37.7 Å². The average Bonchev–Trinajstić information content (AvgIpc) is 3.35. The molecule has 2 aliphatic rings. The van der Waals surface area contributed by atoms with E-state index in [4.69, 9.17) is 5.11 Å². The van der Waals surface area contributed by atoms with Crippen LogP contribution in [-0.2, 0) is 15.0 Å². The summed E-state index contributed by atoms with van der Waals surface area (Å²) in [6.45, 7) is 7.10. The fourth-order valence-corrected chi connectivity index (χ4v) is 4.98. The molecule has 0 radical (unpaired) electrons. The van der Waals surface area contributed by atoms with E-state index in [-0.39, 0.29) is 29.5 Å². The van der Waals surface area contributed by atoms with Crippen molar-refractivity contribution in [2.45, 2.75) is 88.9 Å². The Kier molecular flexibility index (Phi) is 10.4. The molecule has 8 heteroatoms. The maximum absolute atomic E-state index is 13.4. The molecule has 1 aromatic heterocycles. The second kappa shape index (κ2) is 13.5. The van der Waals surface area contributed by atoms with E-state index in [0.29, 0.717) is 24.1 Å². The van der Waals surface area contributed by atoms with E-state index in [1.807, 2.05) is 24.1 Å². The molecule has 1 saturated heterocycles. The summed E-state index contributed by atoms with van der Waals surface area (Å²) in [5.41, 5.74) is 3.34. The molecule has 1 aliphatic carbocycles. The SMILES string of the molecule is CN(c1ccc(C(C)(C)C)cc1)C(C(=O)NC1CCCCC1)c1cnccc1C#N.O=CC1CC(O)CN1. The first-order valence-electron chi connectivity index (χ1n) is 13.5. The summed E-state index contributed by atoms with van der Waals surface area (Å²) in [5.74, 6) is -0.0752. The van der Waals surface area contributed by atoms with Gasteiger partial charge in [0.2, 0.25) is 5.91 Å². The number of amides is 1. The smallest absolute Gasteiger partial charge is 0.247 e. The van der Waals surface area contributed by atoms with E-state index in [9.17, 15) is 14.9 Å². The number of aromatic nitrogens is 1. The fourth-order valence-electron chi connectivity index (χ4n) is 4.98. The van der Waals surface area contributed by atoms with E-state index < -0.39 is 6.04 Å². The number of likely N-dealkylation sites (N-methyl/N-ethyl adjacent to an activating group) is 1. The number of carbonyl (C=O) groups excluding carboxylic acids is 2. The zero-order valence-corrected chi connectivity index (χ0v) is 23.0. The molecular weight excluding hydrogens is 478 g/mol. The number of hydrogen-bond acceptors (Lipinski definition) is 7. The van der Waals surface area contributed by atoms with Gasteiger partial charge in [0.05, 0.1) is 23.8 Å². The average molecular weight is 520 g/mol. The Bertz CT molecular complexity index is 1100. The van der Waals surface area contributed by atoms with Gasteiger partial charge in [-0.05, 0) is 48.4 Å². The van der Waals surface area contributed by atoms with E-state index in [1.165, 1.54) is 12.0 Å². The second-order valence-electron chi connectivity index (χ2n) is 11.3. The number of nitrogens with zero attached hydrogens (tertiary/aromatic N) is 3. The quantitative estimate of drug-likeness (QED) is 0.497. The number of hydrogen-bond donors (Lipinski definition) is 3. The number of β-amino-alcohol motifs (C(OH)–C–C–N with tert-alkyl or cyclic N) is 1. The minimum absolute atomic E-state index is 0.0617. The Morgan fingerprint density at radius 1 is 1.21 bits per heavy atom. The molecule has 4 rings (SSSR count). The lowest BCUT2D eigenvalue weighted by Crippen LogP contribution is -2.44. The summed E-state index contributed by atoms with van der Waals surface area (Å²) < 4.78 is 0. The lowest BCUT2D eigenvalue weighted by Gasteiger charge is -2.32. The van der Waals surface area contributed by atoms with Crippen molar-refractivity contribution in [1.82, 2.24) is 15.6 Å². The summed E-state index contributed by atoms with van der Waals surface area (Å²) in [5, 5.41) is 24.5. The highest BCUT2D eigenvalue weighted by atomic mass is 16.3. The largest absolute Gasteiger partial charge is 0.392 e. The monoisotopic (exact) mass is 519 g/mol. The van der Waals surface area contributed by atoms with Crippen molar-refractivity contribution < 1.29 is 14.7 Å². The molecule has 0 bridgehead atoms. The van der Waals surface area contributed by atoms with Gasteiger partial charge in [0.15, 0.2) is 0 Å². The maximum atomic E-state index is 13.4. The van der Waals surface area contributed by atoms with Crippen LogP contribution in [0, 0.1) is 11.3 Å². The predicted molar refractivity (Wildman–Crippen MR) is 149 cm³/mol. The van der Waals surface area contributed by atoms with Crippen molar-refractivity contribution in [2.24, 2.45) is 0 Å². The molecule has 204 valence electrons. The zero-order valence-electron chi connectivity index (χ0n) is 23.0. The molecule has 38 heavy (non-hydrogen) atoms. The normalized spacial score (nSPS) is 20.4. The molecule has 1 amide bonds. The Morgan fingerprint density at radius 2 is 1.89 bits per heavy atom. The van der Waals surface area contributed by atoms with Crippen molar-refractivity contribution in [3.05, 3.63) is 59.4 Å². The number of aliphatic hydroxyl groups is 1. The van der Waals surface area contributed by atoms with E-state index in [2.05, 4.69) is 54.6 Å². The molecule has 1 saturated carbocycles. The van der Waals surface area contributed by atoms with Crippen molar-refractivity contribution in [1.29, 1.82) is 5.26 Å². The molecular formula is C30H41N5O3. The standard InChI is InChI=1S/C25H32N4O.C5H9NO2/c1-25(2,3)19-10-12-21(13-11-19)29(4)23(22-17-27-15-14-18(22)16-26)24(30)28-20-8-6-5-7-9-20;7-3-4-1-5(8)2-6-4/h10-15,17,20,23H,5-9H2,1-4H3,(H,28,30);3-6,8H,1-2H2. The third-order valence-corrected chi connectivity index (χ3v) is 7.30. The first-order valence-corrected chi connectivity index (χ1v) is 13.5. The van der Waals surface area contributed by atoms with Crippen LogP contribution in [0.2, 0.25) is 0 Å². The fraction of sp³-hybridized carbons (Fsp3) is 0.533. The van der Waals surface area contributed by atoms with Gasteiger partial charge >= 0.3 is 0 Å². The van der Waals surface area contributed by atoms with Crippen molar-refractivity contribution in [3.8, 4) is 6.07 Å². The van der Waals surface area contributed by atoms with Gasteiger partial charge < -0.3 is 25.4 Å². The van der Waals surface area contributed by atoms with Gasteiger partial charge in [0.25, 0.3) is 0 Å². The molecule has 2 fully saturated rings. The van der Waals surface area contributed by atoms with Gasteiger partial charge in [-0.3, -0.25) is 9.78 Å². The van der Waals surface area contributed by atoms with Gasteiger partial charge in [-0.1, -0.05) is 52.2 Å². The molecule has 2 aromatic rings. The first-order chi connectivity index (χ1) is 18.1. The van der Waals surface area contributed by atoms with Crippen LogP contribution in [-0.4, -0.2) is 54.1 Å². The third kappa shape index (κ3) is 7.86. The molecule has 3 unspecified atom stereocenters. The zero-order chi connectivity index (χ0) is 27.7. The molecule has 1 aliphatic heterocycles. The van der Waals surface area contributed by atoms with Crippen molar-refractivity contribution >= 4 is 17.9 Å². The van der Waals surface area contributed by atoms with Crippen molar-refractivity contribution in [2.75, 3.05) is 18.5 Å². The number of nitriles is 1. The molecule has 0 spiro atoms. The number of aliphatic hydroxyl groups excluding tert-OH is 1. The van der Waals surface area contributed by atoms with E-state index >= 15 is 0 Å². The number of pyridine rings is 1. The number of anilines is 1. The lowest BCUT2D eigenvalue weighted by atomic mass is 9.87. The van der Waals surface area contributed by atoms with Crippen LogP contribution in [0.1, 0.15) is 82.0 Å². The first kappa shape index (κ1) is 29.3. The molecule has 1 aromatic carbocycles. The summed E-state index contributed by atoms with van der Waals surface area (Å²) in [7, 11) is 1.91. The summed E-state index contributed by atoms with van der Waals surface area (Å²) in [6, 6.07) is 11.7. The van der Waals surface area contributed by atoms with Gasteiger partial charge in [-0.15, -0.1) is 0 Å². The van der Waals surface area contributed by atoms with Crippen molar-refractivity contribution in [3.63, 3.8) is 0 Å². The molecule has 8 nitrogen and oxygen atoms in total. The van der Waals surface area contributed by atoms with Crippen LogP contribution >= 0.6 is 0 Å². The maximum Gasteiger partial charge on any atom is 0.247 e. The van der Waals surface area contributed by atoms with Crippen LogP contribution in [0.3, 0.4) is 0 Å². The van der Waals surface area contributed by atoms with Crippen LogP contribution in [0.15, 0.2) is 42.7 Å². The van der Waals surface area contributed by atoms with Crippen LogP contribution in [0.4, 0.5) is 5.69 Å². The number of aldehydes is 1. The van der Waals surface area contributed by atoms with Gasteiger partial charge in [0, 0.05) is 43.3 Å².